The van der Waals surface area contributed by atoms with E-state index in [4.69, 9.17) is 9.29 Å². The highest BCUT2D eigenvalue weighted by molar-refractivity contribution is 7.85. The quantitative estimate of drug-likeness (QED) is 0.0318. The highest BCUT2D eigenvalue weighted by atomic mass is 32.2. The smallest absolute Gasteiger partial charge is 0.338 e. The fourth-order valence-corrected chi connectivity index (χ4v) is 5.52. The maximum atomic E-state index is 12.0. The molecule has 0 amide bonds. The van der Waals surface area contributed by atoms with Crippen LogP contribution in [0.1, 0.15) is 120 Å². The fourth-order valence-electron chi connectivity index (χ4n) is 5.00. The Labute approximate surface area is 271 Å². The lowest BCUT2D eigenvalue weighted by Crippen LogP contribution is -2.43. The first-order valence-corrected chi connectivity index (χ1v) is 18.2. The van der Waals surface area contributed by atoms with Crippen LogP contribution in [0.4, 0.5) is 5.69 Å². The molecule has 0 saturated carbocycles. The Balaban J connectivity index is 0.000000645. The summed E-state index contributed by atoms with van der Waals surface area (Å²) >= 11 is 0. The molecule has 0 aliphatic rings. The Bertz CT molecular complexity index is 1190. The maximum Gasteiger partial charge on any atom is 0.338 e. The fraction of sp³-hybridized carbons (Fsp3) is 0.629. The molecular weight excluding hydrogens is 592 g/mol. The van der Waals surface area contributed by atoms with Crippen LogP contribution in [0.2, 0.25) is 0 Å². The van der Waals surface area contributed by atoms with E-state index in [2.05, 4.69) is 21.0 Å². The monoisotopic (exact) mass is 649 g/mol. The summed E-state index contributed by atoms with van der Waals surface area (Å²) in [5, 5.41) is 10.2. The van der Waals surface area contributed by atoms with Gasteiger partial charge in [-0.05, 0) is 31.0 Å². The summed E-state index contributed by atoms with van der Waals surface area (Å²) < 4.78 is 36.0. The Morgan fingerprint density at radius 1 is 0.756 bits per heavy atom. The first-order valence-electron chi connectivity index (χ1n) is 16.7. The first-order chi connectivity index (χ1) is 21.5. The predicted molar refractivity (Wildman–Crippen MR) is 181 cm³/mol. The molecule has 0 aliphatic heterocycles. The predicted octanol–water partition coefficient (Wildman–Crippen LogP) is 9.02. The largest absolute Gasteiger partial charge is 0.456 e. The third-order valence-electron chi connectivity index (χ3n) is 7.88. The summed E-state index contributed by atoms with van der Waals surface area (Å²) in [5.41, 5.74) is 0.255. The van der Waals surface area contributed by atoms with E-state index in [1.165, 1.54) is 109 Å². The molecule has 0 aliphatic carbocycles. The lowest BCUT2D eigenvalue weighted by Gasteiger charge is -2.29. The second-order valence-electron chi connectivity index (χ2n) is 12.4. The Morgan fingerprint density at radius 3 is 1.71 bits per heavy atom. The number of nitrogens with zero attached hydrogens (tertiary/aromatic N) is 2. The van der Waals surface area contributed by atoms with Crippen molar-refractivity contribution < 1.29 is 31.9 Å². The zero-order valence-electron chi connectivity index (χ0n) is 27.8. The average Bonchev–Trinajstić information content (AvgIpc) is 3.01. The summed E-state index contributed by atoms with van der Waals surface area (Å²) in [6, 6.07) is 13.4. The van der Waals surface area contributed by atoms with E-state index in [9.17, 15) is 23.3 Å². The Kier molecular flexibility index (Phi) is 21.0. The van der Waals surface area contributed by atoms with Gasteiger partial charge in [0.05, 0.1) is 31.1 Å². The molecule has 2 aromatic carbocycles. The summed E-state index contributed by atoms with van der Waals surface area (Å²) in [4.78, 5) is 21.0. The van der Waals surface area contributed by atoms with E-state index in [0.717, 1.165) is 35.8 Å². The average molecular weight is 650 g/mol. The van der Waals surface area contributed by atoms with Crippen LogP contribution < -0.4 is 0 Å². The number of rotatable bonds is 23. The lowest BCUT2D eigenvalue weighted by atomic mass is 10.0. The van der Waals surface area contributed by atoms with Crippen molar-refractivity contribution in [3.8, 4) is 0 Å². The van der Waals surface area contributed by atoms with Crippen molar-refractivity contribution in [2.24, 2.45) is 0 Å². The highest BCUT2D eigenvalue weighted by Crippen LogP contribution is 2.17. The van der Waals surface area contributed by atoms with Gasteiger partial charge in [0.1, 0.15) is 18.0 Å². The number of non-ortho nitro benzene ring substituents is 1. The van der Waals surface area contributed by atoms with Gasteiger partial charge in [-0.3, -0.25) is 14.7 Å². The van der Waals surface area contributed by atoms with Crippen LogP contribution in [0.3, 0.4) is 0 Å². The zero-order chi connectivity index (χ0) is 33.4. The van der Waals surface area contributed by atoms with Gasteiger partial charge in [0, 0.05) is 12.1 Å². The molecule has 254 valence electrons. The number of carbonyl (C=O) groups is 1. The van der Waals surface area contributed by atoms with Crippen molar-refractivity contribution in [2.75, 3.05) is 33.8 Å². The van der Waals surface area contributed by atoms with Crippen LogP contribution in [0, 0.1) is 10.1 Å². The van der Waals surface area contributed by atoms with Crippen molar-refractivity contribution in [3.05, 3.63) is 70.3 Å². The molecule has 0 atom stereocenters. The van der Waals surface area contributed by atoms with Crippen molar-refractivity contribution in [1.29, 1.82) is 0 Å². The minimum atomic E-state index is -4.36. The number of nitro groups is 1. The van der Waals surface area contributed by atoms with Gasteiger partial charge in [-0.2, -0.15) is 8.42 Å². The number of carbonyl (C=O) groups excluding carboxylic acids is 1. The standard InChI is InChI=1S/C29H52NO2.C6H5NO5S/c1-4-5-6-7-8-9-10-11-12-13-14-15-16-17-18-22-25-30(2,3)26-27-32-29(31)28-23-20-19-21-24-28;8-7(9)5-2-1-3-6(4-5)13(10,11)12/h19-21,23-24H,4-18,22,25-27H2,1-3H3;1-4H,(H,10,11,12)/q+1;. The van der Waals surface area contributed by atoms with E-state index in [1.807, 2.05) is 18.2 Å². The normalized spacial score (nSPS) is 11.5. The van der Waals surface area contributed by atoms with E-state index >= 15 is 0 Å². The molecule has 0 radical (unpaired) electrons. The second-order valence-corrected chi connectivity index (χ2v) is 13.8. The summed E-state index contributed by atoms with van der Waals surface area (Å²) in [5.74, 6) is -0.215. The Morgan fingerprint density at radius 2 is 1.24 bits per heavy atom. The number of esters is 1. The number of likely N-dealkylation sites (N-methyl/N-ethyl adjacent to an activating group) is 1. The van der Waals surface area contributed by atoms with Crippen molar-refractivity contribution in [1.82, 2.24) is 0 Å². The molecule has 0 spiro atoms. The number of nitro benzene ring substituents is 1. The first kappa shape index (κ1) is 40.2. The molecule has 2 aromatic rings. The molecular formula is C35H57N2O7S+. The molecule has 0 bridgehead atoms. The second kappa shape index (κ2) is 23.5. The van der Waals surface area contributed by atoms with Crippen LogP contribution in [0.15, 0.2) is 59.5 Å². The van der Waals surface area contributed by atoms with Gasteiger partial charge in [0.15, 0.2) is 0 Å². The van der Waals surface area contributed by atoms with Crippen LogP contribution in [-0.4, -0.2) is 62.1 Å². The van der Waals surface area contributed by atoms with Gasteiger partial charge in [-0.1, -0.05) is 121 Å². The third-order valence-corrected chi connectivity index (χ3v) is 8.73. The molecule has 0 unspecified atom stereocenters. The summed E-state index contributed by atoms with van der Waals surface area (Å²) in [6.45, 7) is 4.80. The third kappa shape index (κ3) is 20.8. The number of benzene rings is 2. The van der Waals surface area contributed by atoms with Crippen molar-refractivity contribution in [3.63, 3.8) is 0 Å². The van der Waals surface area contributed by atoms with Crippen LogP contribution in [0.5, 0.6) is 0 Å². The number of unbranched alkanes of at least 4 members (excludes halogenated alkanes) is 15. The van der Waals surface area contributed by atoms with E-state index in [1.54, 1.807) is 12.1 Å². The van der Waals surface area contributed by atoms with E-state index in [0.29, 0.717) is 12.2 Å². The Hall–Kier alpha value is -2.82. The van der Waals surface area contributed by atoms with Crippen molar-refractivity contribution >= 4 is 21.8 Å². The molecule has 45 heavy (non-hydrogen) atoms. The number of quaternary nitrogens is 1. The van der Waals surface area contributed by atoms with Gasteiger partial charge in [-0.25, -0.2) is 4.79 Å². The van der Waals surface area contributed by atoms with Crippen molar-refractivity contribution in [2.45, 2.75) is 115 Å². The molecule has 2 rings (SSSR count). The van der Waals surface area contributed by atoms with Crippen LogP contribution in [0.25, 0.3) is 0 Å². The molecule has 0 saturated heterocycles. The maximum absolute atomic E-state index is 12.0. The molecule has 9 nitrogen and oxygen atoms in total. The van der Waals surface area contributed by atoms with E-state index < -0.39 is 19.9 Å². The topological polar surface area (TPSA) is 124 Å². The van der Waals surface area contributed by atoms with Gasteiger partial charge < -0.3 is 9.22 Å². The molecule has 0 aromatic heterocycles. The van der Waals surface area contributed by atoms with Gasteiger partial charge >= 0.3 is 5.97 Å². The van der Waals surface area contributed by atoms with E-state index in [-0.39, 0.29) is 11.7 Å². The molecule has 10 heteroatoms. The van der Waals surface area contributed by atoms with Gasteiger partial charge in [0.2, 0.25) is 0 Å². The zero-order valence-corrected chi connectivity index (χ0v) is 28.6. The number of hydrogen-bond acceptors (Lipinski definition) is 6. The van der Waals surface area contributed by atoms with Gasteiger partial charge in [0.25, 0.3) is 15.8 Å². The summed E-state index contributed by atoms with van der Waals surface area (Å²) in [6.07, 6.45) is 22.5. The SMILES string of the molecule is CCCCCCCCCCCCCCCCCC[N+](C)(C)CCOC(=O)c1ccccc1.O=[N+]([O-])c1cccc(S(=O)(=O)O)c1. The lowest BCUT2D eigenvalue weighted by molar-refractivity contribution is -0.890. The molecule has 0 heterocycles. The van der Waals surface area contributed by atoms with Crippen LogP contribution in [-0.2, 0) is 14.9 Å². The minimum absolute atomic E-state index is 0.215. The molecule has 0 fully saturated rings. The highest BCUT2D eigenvalue weighted by Gasteiger charge is 2.16. The van der Waals surface area contributed by atoms with Gasteiger partial charge in [-0.15, -0.1) is 0 Å². The summed E-state index contributed by atoms with van der Waals surface area (Å²) in [7, 11) is 0.112. The number of hydrogen-bond donors (Lipinski definition) is 1. The number of ether oxygens (including phenoxy) is 1. The molecule has 1 N–H and O–H groups in total. The minimum Gasteiger partial charge on any atom is -0.456 e. The van der Waals surface area contributed by atoms with Crippen LogP contribution >= 0.6 is 0 Å².